The van der Waals surface area contributed by atoms with E-state index in [1.165, 1.54) is 0 Å². The van der Waals surface area contributed by atoms with E-state index in [4.69, 9.17) is 0 Å². The van der Waals surface area contributed by atoms with Gasteiger partial charge < -0.3 is 15.7 Å². The van der Waals surface area contributed by atoms with E-state index in [1.54, 1.807) is 11.3 Å². The Hall–Kier alpha value is -1.14. The van der Waals surface area contributed by atoms with E-state index in [2.05, 4.69) is 41.8 Å². The fraction of sp³-hybridized carbons (Fsp3) is 0.750. The van der Waals surface area contributed by atoms with Crippen molar-refractivity contribution >= 4 is 17.4 Å². The number of amides is 2. The third-order valence-electron chi connectivity index (χ3n) is 4.18. The van der Waals surface area contributed by atoms with Gasteiger partial charge in [0.15, 0.2) is 0 Å². The molecule has 0 spiro atoms. The summed E-state index contributed by atoms with van der Waals surface area (Å²) in [5.41, 5.74) is 1.09. The Bertz CT molecular complexity index is 496. The average Bonchev–Trinajstić information content (AvgIpc) is 2.95. The second kappa shape index (κ2) is 7.42. The van der Waals surface area contributed by atoms with Crippen LogP contribution in [0.25, 0.3) is 0 Å². The number of thiazole rings is 1. The molecule has 1 aliphatic rings. The summed E-state index contributed by atoms with van der Waals surface area (Å²) in [7, 11) is 0. The normalized spacial score (nSPS) is 22.4. The van der Waals surface area contributed by atoms with Crippen LogP contribution in [-0.2, 0) is 12.0 Å². The number of urea groups is 1. The van der Waals surface area contributed by atoms with Crippen LogP contribution in [0.15, 0.2) is 5.38 Å². The van der Waals surface area contributed by atoms with E-state index >= 15 is 0 Å². The molecule has 6 heteroatoms. The van der Waals surface area contributed by atoms with Crippen molar-refractivity contribution in [3.8, 4) is 0 Å². The zero-order valence-corrected chi connectivity index (χ0v) is 14.5. The first-order chi connectivity index (χ1) is 10.4. The van der Waals surface area contributed by atoms with Crippen LogP contribution in [0.1, 0.15) is 57.2 Å². The second-order valence-corrected chi connectivity index (χ2v) is 7.98. The zero-order valence-electron chi connectivity index (χ0n) is 13.7. The number of aliphatic hydroxyl groups is 1. The largest absolute Gasteiger partial charge is 0.396 e. The van der Waals surface area contributed by atoms with Crippen molar-refractivity contribution in [1.82, 2.24) is 15.6 Å². The third kappa shape index (κ3) is 4.68. The molecule has 1 fully saturated rings. The SMILES string of the molecule is CC(C)(C)c1csc(CNC(=O)NC2CCCCC2CO)n1. The van der Waals surface area contributed by atoms with Gasteiger partial charge in [-0.1, -0.05) is 33.6 Å². The molecule has 1 saturated carbocycles. The number of nitrogens with one attached hydrogen (secondary N) is 2. The molecule has 0 bridgehead atoms. The van der Waals surface area contributed by atoms with Crippen molar-refractivity contribution in [2.24, 2.45) is 5.92 Å². The molecular weight excluding hydrogens is 298 g/mol. The van der Waals surface area contributed by atoms with Crippen molar-refractivity contribution in [2.75, 3.05) is 6.61 Å². The van der Waals surface area contributed by atoms with Crippen LogP contribution >= 0.6 is 11.3 Å². The summed E-state index contributed by atoms with van der Waals surface area (Å²) >= 11 is 1.58. The molecule has 2 atom stereocenters. The first kappa shape index (κ1) is 17.2. The maximum Gasteiger partial charge on any atom is 0.315 e. The maximum absolute atomic E-state index is 12.0. The first-order valence-electron chi connectivity index (χ1n) is 8.00. The predicted octanol–water partition coefficient (Wildman–Crippen LogP) is 2.79. The second-order valence-electron chi connectivity index (χ2n) is 7.04. The molecule has 1 aromatic rings. The van der Waals surface area contributed by atoms with Crippen LogP contribution in [0, 0.1) is 5.92 Å². The van der Waals surface area contributed by atoms with Crippen molar-refractivity contribution < 1.29 is 9.90 Å². The standard InChI is InChI=1S/C16H27N3O2S/c1-16(2,3)13-10-22-14(19-13)8-17-15(21)18-12-7-5-4-6-11(12)9-20/h10-12,20H,4-9H2,1-3H3,(H2,17,18,21). The molecule has 1 heterocycles. The number of nitrogens with zero attached hydrogens (tertiary/aromatic N) is 1. The summed E-state index contributed by atoms with van der Waals surface area (Å²) in [6.07, 6.45) is 4.19. The number of carbonyl (C=O) groups excluding carboxylic acids is 1. The van der Waals surface area contributed by atoms with Gasteiger partial charge in [0, 0.05) is 29.4 Å². The Balaban J connectivity index is 1.81. The number of aliphatic hydroxyl groups excluding tert-OH is 1. The Morgan fingerprint density at radius 3 is 2.77 bits per heavy atom. The monoisotopic (exact) mass is 325 g/mol. The molecule has 2 rings (SSSR count). The van der Waals surface area contributed by atoms with Gasteiger partial charge in [-0.2, -0.15) is 0 Å². The molecule has 0 aliphatic heterocycles. The molecule has 5 nitrogen and oxygen atoms in total. The first-order valence-corrected chi connectivity index (χ1v) is 8.88. The van der Waals surface area contributed by atoms with Crippen LogP contribution in [-0.4, -0.2) is 28.8 Å². The zero-order chi connectivity index (χ0) is 16.2. The van der Waals surface area contributed by atoms with Crippen LogP contribution < -0.4 is 10.6 Å². The number of rotatable bonds is 4. The smallest absolute Gasteiger partial charge is 0.315 e. The predicted molar refractivity (Wildman–Crippen MR) is 89.0 cm³/mol. The Morgan fingerprint density at radius 1 is 1.41 bits per heavy atom. The minimum atomic E-state index is -0.169. The summed E-state index contributed by atoms with van der Waals surface area (Å²) in [5, 5.41) is 18.2. The van der Waals surface area contributed by atoms with Gasteiger partial charge in [-0.05, 0) is 12.8 Å². The van der Waals surface area contributed by atoms with Gasteiger partial charge >= 0.3 is 6.03 Å². The molecule has 124 valence electrons. The van der Waals surface area contributed by atoms with E-state index in [9.17, 15) is 9.90 Å². The molecule has 3 N–H and O–H groups in total. The van der Waals surface area contributed by atoms with E-state index < -0.39 is 0 Å². The van der Waals surface area contributed by atoms with Gasteiger partial charge in [-0.15, -0.1) is 11.3 Å². The molecular formula is C16H27N3O2S. The van der Waals surface area contributed by atoms with Crippen LogP contribution in [0.2, 0.25) is 0 Å². The lowest BCUT2D eigenvalue weighted by Crippen LogP contribution is -2.47. The highest BCUT2D eigenvalue weighted by Crippen LogP contribution is 2.24. The fourth-order valence-corrected chi connectivity index (χ4v) is 3.69. The van der Waals surface area contributed by atoms with E-state index in [1.807, 2.05) is 0 Å². The van der Waals surface area contributed by atoms with E-state index in [0.717, 1.165) is 36.4 Å². The molecule has 2 unspecified atom stereocenters. The highest BCUT2D eigenvalue weighted by molar-refractivity contribution is 7.09. The molecule has 0 radical (unpaired) electrons. The minimum absolute atomic E-state index is 0.0352. The van der Waals surface area contributed by atoms with Crippen LogP contribution in [0.4, 0.5) is 4.79 Å². The van der Waals surface area contributed by atoms with Gasteiger partial charge in [-0.25, -0.2) is 9.78 Å². The summed E-state index contributed by atoms with van der Waals surface area (Å²) in [6, 6.07) is -0.0851. The van der Waals surface area contributed by atoms with Crippen molar-refractivity contribution in [3.63, 3.8) is 0 Å². The number of carbonyl (C=O) groups is 1. The van der Waals surface area contributed by atoms with Gasteiger partial charge in [-0.3, -0.25) is 0 Å². The summed E-state index contributed by atoms with van der Waals surface area (Å²) in [5.74, 6) is 0.187. The lowest BCUT2D eigenvalue weighted by molar-refractivity contribution is 0.153. The quantitative estimate of drug-likeness (QED) is 0.797. The number of hydrogen-bond donors (Lipinski definition) is 3. The molecule has 1 aliphatic carbocycles. The summed E-state index contributed by atoms with van der Waals surface area (Å²) in [4.78, 5) is 16.6. The molecule has 0 saturated heterocycles. The van der Waals surface area contributed by atoms with Crippen molar-refractivity contribution in [2.45, 2.75) is 64.5 Å². The Morgan fingerprint density at radius 2 is 2.14 bits per heavy atom. The fourth-order valence-electron chi connectivity index (χ4n) is 2.73. The highest BCUT2D eigenvalue weighted by atomic mass is 32.1. The summed E-state index contributed by atoms with van der Waals surface area (Å²) in [6.45, 7) is 6.98. The van der Waals surface area contributed by atoms with Crippen molar-refractivity contribution in [3.05, 3.63) is 16.1 Å². The molecule has 22 heavy (non-hydrogen) atoms. The molecule has 0 aromatic carbocycles. The van der Waals surface area contributed by atoms with Gasteiger partial charge in [0.1, 0.15) is 5.01 Å². The number of hydrogen-bond acceptors (Lipinski definition) is 4. The van der Waals surface area contributed by atoms with Gasteiger partial charge in [0.05, 0.1) is 12.2 Å². The maximum atomic E-state index is 12.0. The van der Waals surface area contributed by atoms with Crippen LogP contribution in [0.3, 0.4) is 0 Å². The summed E-state index contributed by atoms with van der Waals surface area (Å²) < 4.78 is 0. The highest BCUT2D eigenvalue weighted by Gasteiger charge is 2.25. The van der Waals surface area contributed by atoms with Crippen LogP contribution in [0.5, 0.6) is 0 Å². The Kier molecular flexibility index (Phi) is 5.81. The minimum Gasteiger partial charge on any atom is -0.396 e. The third-order valence-corrected chi connectivity index (χ3v) is 5.03. The van der Waals surface area contributed by atoms with Gasteiger partial charge in [0.25, 0.3) is 0 Å². The van der Waals surface area contributed by atoms with E-state index in [0.29, 0.717) is 6.54 Å². The Labute approximate surface area is 136 Å². The molecule has 2 amide bonds. The van der Waals surface area contributed by atoms with Crippen molar-refractivity contribution in [1.29, 1.82) is 0 Å². The topological polar surface area (TPSA) is 74.2 Å². The van der Waals surface area contributed by atoms with Gasteiger partial charge in [0.2, 0.25) is 0 Å². The number of aromatic nitrogens is 1. The molecule has 1 aromatic heterocycles. The average molecular weight is 325 g/mol. The lowest BCUT2D eigenvalue weighted by Gasteiger charge is -2.30. The lowest BCUT2D eigenvalue weighted by atomic mass is 9.85. The van der Waals surface area contributed by atoms with E-state index in [-0.39, 0.29) is 30.0 Å².